The Hall–Kier alpha value is -3.47. The monoisotopic (exact) mass is 571 g/mol. The van der Waals surface area contributed by atoms with Gasteiger partial charge in [-0.1, -0.05) is 35.9 Å². The third kappa shape index (κ3) is 6.41. The Morgan fingerprint density at radius 1 is 1.13 bits per heavy atom. The van der Waals surface area contributed by atoms with Crippen molar-refractivity contribution in [1.82, 2.24) is 14.5 Å². The second kappa shape index (κ2) is 11.7. The number of halogens is 2. The van der Waals surface area contributed by atoms with Gasteiger partial charge in [-0.2, -0.15) is 0 Å². The van der Waals surface area contributed by atoms with Crippen molar-refractivity contribution < 1.29 is 26.8 Å². The summed E-state index contributed by atoms with van der Waals surface area (Å²) in [5, 5.41) is 0.230. The van der Waals surface area contributed by atoms with E-state index in [0.29, 0.717) is 28.6 Å². The van der Waals surface area contributed by atoms with E-state index < -0.39 is 21.4 Å². The minimum atomic E-state index is -4.03. The van der Waals surface area contributed by atoms with Gasteiger partial charge in [0.1, 0.15) is 11.6 Å². The van der Waals surface area contributed by atoms with Crippen molar-refractivity contribution >= 4 is 27.3 Å². The van der Waals surface area contributed by atoms with Crippen molar-refractivity contribution in [3.05, 3.63) is 107 Å². The van der Waals surface area contributed by atoms with Crippen LogP contribution in [0.1, 0.15) is 40.2 Å². The number of sulfone groups is 1. The third-order valence-corrected chi connectivity index (χ3v) is 8.34. The topological polar surface area (TPSA) is 94.6 Å². The molecule has 8 nitrogen and oxygen atoms in total. The fourth-order valence-corrected chi connectivity index (χ4v) is 6.33. The molecule has 1 aliphatic rings. The van der Waals surface area contributed by atoms with Crippen LogP contribution in [-0.2, 0) is 40.0 Å². The molecule has 0 aliphatic carbocycles. The highest BCUT2D eigenvalue weighted by atomic mass is 35.5. The van der Waals surface area contributed by atoms with Crippen LogP contribution in [0, 0.1) is 5.82 Å². The number of hydrogen-bond acceptors (Lipinski definition) is 6. The van der Waals surface area contributed by atoms with E-state index in [1.807, 2.05) is 0 Å². The van der Waals surface area contributed by atoms with E-state index in [1.54, 1.807) is 51.9 Å². The summed E-state index contributed by atoms with van der Waals surface area (Å²) in [6, 6.07) is 15.9. The minimum Gasteiger partial charge on any atom is -0.467 e. The molecule has 0 spiro atoms. The van der Waals surface area contributed by atoms with E-state index in [4.69, 9.17) is 20.8 Å². The molecule has 2 aromatic carbocycles. The maximum absolute atomic E-state index is 14.3. The van der Waals surface area contributed by atoms with Crippen LogP contribution in [0.2, 0.25) is 5.02 Å². The second-order valence-corrected chi connectivity index (χ2v) is 11.7. The van der Waals surface area contributed by atoms with Crippen LogP contribution in [0.5, 0.6) is 0 Å². The third-order valence-electron chi connectivity index (χ3n) is 6.53. The fraction of sp³-hybridized carbons (Fsp3) is 0.286. The van der Waals surface area contributed by atoms with Crippen LogP contribution >= 0.6 is 11.6 Å². The molecule has 0 radical (unpaired) electrons. The van der Waals surface area contributed by atoms with Crippen molar-refractivity contribution in [2.75, 3.05) is 6.61 Å². The van der Waals surface area contributed by atoms with Crippen LogP contribution in [0.25, 0.3) is 0 Å². The molecule has 1 unspecified atom stereocenters. The molecule has 0 N–H and O–H groups in total. The average Bonchev–Trinajstić information content (AvgIpc) is 3.69. The van der Waals surface area contributed by atoms with Gasteiger partial charge in [-0.05, 0) is 49.2 Å². The molecular weight excluding hydrogens is 545 g/mol. The first kappa shape index (κ1) is 27.1. The molecule has 3 heterocycles. The van der Waals surface area contributed by atoms with E-state index >= 15 is 0 Å². The second-order valence-electron chi connectivity index (χ2n) is 9.38. The van der Waals surface area contributed by atoms with Crippen molar-refractivity contribution in [2.45, 2.75) is 49.5 Å². The van der Waals surface area contributed by atoms with Gasteiger partial charge < -0.3 is 18.6 Å². The van der Waals surface area contributed by atoms with E-state index in [-0.39, 0.29) is 42.4 Å². The summed E-state index contributed by atoms with van der Waals surface area (Å²) in [6.07, 6.45) is 4.39. The number of furan rings is 1. The van der Waals surface area contributed by atoms with Gasteiger partial charge in [-0.15, -0.1) is 0 Å². The number of carbonyl (C=O) groups is 1. The van der Waals surface area contributed by atoms with E-state index in [1.165, 1.54) is 30.7 Å². The summed E-state index contributed by atoms with van der Waals surface area (Å²) >= 11 is 6.14. The van der Waals surface area contributed by atoms with Crippen molar-refractivity contribution in [3.8, 4) is 0 Å². The van der Waals surface area contributed by atoms with E-state index in [9.17, 15) is 17.6 Å². The summed E-state index contributed by atoms with van der Waals surface area (Å²) in [5.41, 5.74) is 0.937. The Morgan fingerprint density at radius 3 is 2.69 bits per heavy atom. The molecule has 1 atom stereocenters. The number of aromatic nitrogens is 2. The highest BCUT2D eigenvalue weighted by Gasteiger charge is 2.29. The smallest absolute Gasteiger partial charge is 0.254 e. The SMILES string of the molecule is O=C(c1cccc(Cl)c1)N(Cc1ccco1)Cc1cnc(S(=O)(=O)Cc2ccccc2F)n1CC1CCCO1. The predicted octanol–water partition coefficient (Wildman–Crippen LogP) is 5.26. The zero-order valence-electron chi connectivity index (χ0n) is 21.0. The Kier molecular flexibility index (Phi) is 8.15. The highest BCUT2D eigenvalue weighted by molar-refractivity contribution is 7.90. The summed E-state index contributed by atoms with van der Waals surface area (Å²) in [6.45, 7) is 1.01. The Bertz CT molecular complexity index is 1550. The molecule has 1 aliphatic heterocycles. The maximum Gasteiger partial charge on any atom is 0.254 e. The molecule has 2 aromatic heterocycles. The van der Waals surface area contributed by atoms with Gasteiger partial charge in [0, 0.05) is 22.8 Å². The number of rotatable bonds is 10. The predicted molar refractivity (Wildman–Crippen MR) is 142 cm³/mol. The van der Waals surface area contributed by atoms with Gasteiger partial charge in [0.05, 0.1) is 49.6 Å². The molecule has 0 bridgehead atoms. The zero-order valence-corrected chi connectivity index (χ0v) is 22.6. The number of nitrogens with zero attached hydrogens (tertiary/aromatic N) is 3. The van der Waals surface area contributed by atoms with Crippen LogP contribution in [0.15, 0.2) is 82.7 Å². The number of imidazole rings is 1. The maximum atomic E-state index is 14.3. The van der Waals surface area contributed by atoms with Gasteiger partial charge in [0.25, 0.3) is 5.91 Å². The lowest BCUT2D eigenvalue weighted by Crippen LogP contribution is -2.32. The first-order chi connectivity index (χ1) is 18.8. The first-order valence-corrected chi connectivity index (χ1v) is 14.5. The van der Waals surface area contributed by atoms with Crippen molar-refractivity contribution in [1.29, 1.82) is 0 Å². The van der Waals surface area contributed by atoms with Gasteiger partial charge in [-0.3, -0.25) is 4.79 Å². The molecule has 1 amide bonds. The molecule has 0 saturated carbocycles. The standard InChI is InChI=1S/C28H27ClFN3O5S/c29-22-8-3-7-20(14-22)27(34)32(17-24-9-4-12-37-24)16-23-15-31-28(33(23)18-25-10-5-13-38-25)39(35,36)19-21-6-1-2-11-26(21)30/h1-4,6-9,11-12,14-15,25H,5,10,13,16-19H2. The molecule has 39 heavy (non-hydrogen) atoms. The Balaban J connectivity index is 1.50. The van der Waals surface area contributed by atoms with E-state index in [2.05, 4.69) is 4.98 Å². The van der Waals surface area contributed by atoms with Gasteiger partial charge >= 0.3 is 0 Å². The Labute approximate surface area is 230 Å². The van der Waals surface area contributed by atoms with Crippen molar-refractivity contribution in [3.63, 3.8) is 0 Å². The zero-order chi connectivity index (χ0) is 27.4. The summed E-state index contributed by atoms with van der Waals surface area (Å²) in [7, 11) is -4.03. The molecule has 1 saturated heterocycles. The summed E-state index contributed by atoms with van der Waals surface area (Å²) in [4.78, 5) is 19.4. The molecule has 5 rings (SSSR count). The molecule has 11 heteroatoms. The quantitative estimate of drug-likeness (QED) is 0.258. The van der Waals surface area contributed by atoms with Gasteiger partial charge in [-0.25, -0.2) is 17.8 Å². The summed E-state index contributed by atoms with van der Waals surface area (Å²) < 4.78 is 54.2. The van der Waals surface area contributed by atoms with Gasteiger partial charge in [0.15, 0.2) is 0 Å². The normalized spacial score (nSPS) is 15.5. The average molecular weight is 572 g/mol. The summed E-state index contributed by atoms with van der Waals surface area (Å²) in [5.74, 6) is -0.896. The van der Waals surface area contributed by atoms with Crippen molar-refractivity contribution in [2.24, 2.45) is 0 Å². The van der Waals surface area contributed by atoms with Gasteiger partial charge in [0.2, 0.25) is 15.0 Å². The van der Waals surface area contributed by atoms with E-state index in [0.717, 1.165) is 12.8 Å². The number of benzene rings is 2. The Morgan fingerprint density at radius 2 is 1.97 bits per heavy atom. The van der Waals surface area contributed by atoms with Crippen LogP contribution in [0.4, 0.5) is 4.39 Å². The minimum absolute atomic E-state index is 0.0426. The molecule has 4 aromatic rings. The van der Waals surface area contributed by atoms with Crippen LogP contribution in [-0.4, -0.2) is 41.5 Å². The number of amides is 1. The lowest BCUT2D eigenvalue weighted by molar-refractivity contribution is 0.0706. The first-order valence-electron chi connectivity index (χ1n) is 12.5. The van der Waals surface area contributed by atoms with Crippen LogP contribution in [0.3, 0.4) is 0 Å². The molecule has 204 valence electrons. The number of ether oxygens (including phenoxy) is 1. The molecule has 1 fully saturated rings. The highest BCUT2D eigenvalue weighted by Crippen LogP contribution is 2.25. The lowest BCUT2D eigenvalue weighted by atomic mass is 10.2. The number of hydrogen-bond donors (Lipinski definition) is 0. The number of carbonyl (C=O) groups excluding carboxylic acids is 1. The fourth-order valence-electron chi connectivity index (χ4n) is 4.63. The lowest BCUT2D eigenvalue weighted by Gasteiger charge is -2.24. The van der Waals surface area contributed by atoms with Crippen LogP contribution < -0.4 is 0 Å². The molecular formula is C28H27ClFN3O5S. The largest absolute Gasteiger partial charge is 0.467 e.